The van der Waals surface area contributed by atoms with Crippen LogP contribution in [0.4, 0.5) is 5.69 Å². The molecule has 0 aliphatic carbocycles. The third-order valence-corrected chi connectivity index (χ3v) is 8.67. The van der Waals surface area contributed by atoms with E-state index in [1.54, 1.807) is 12.1 Å². The molecule has 2 aliphatic heterocycles. The highest BCUT2D eigenvalue weighted by Crippen LogP contribution is 2.35. The van der Waals surface area contributed by atoms with E-state index in [9.17, 15) is 18.0 Å². The summed E-state index contributed by atoms with van der Waals surface area (Å²) in [7, 11) is -3.89. The van der Waals surface area contributed by atoms with Crippen LogP contribution in [-0.2, 0) is 21.4 Å². The fraction of sp³-hybridized carbons (Fsp3) is 0.231. The summed E-state index contributed by atoms with van der Waals surface area (Å²) in [5, 5.41) is 0. The number of fused-ring (bicyclic) bond motifs is 1. The molecule has 7 nitrogen and oxygen atoms in total. The maximum absolute atomic E-state index is 13.5. The van der Waals surface area contributed by atoms with Crippen LogP contribution < -0.4 is 9.64 Å². The minimum absolute atomic E-state index is 0.000423. The first-order valence-electron chi connectivity index (χ1n) is 11.3. The van der Waals surface area contributed by atoms with Crippen molar-refractivity contribution in [2.75, 3.05) is 18.1 Å². The molecule has 1 fully saturated rings. The number of carbonyl (C=O) groups excluding carboxylic acids is 2. The van der Waals surface area contributed by atoms with Gasteiger partial charge in [0, 0.05) is 11.4 Å². The van der Waals surface area contributed by atoms with Gasteiger partial charge in [-0.05, 0) is 48.7 Å². The Bertz CT molecular complexity index is 1390. The fourth-order valence-corrected chi connectivity index (χ4v) is 6.49. The van der Waals surface area contributed by atoms with E-state index < -0.39 is 21.7 Å². The van der Waals surface area contributed by atoms with E-state index in [1.165, 1.54) is 21.3 Å². The van der Waals surface area contributed by atoms with Crippen LogP contribution in [0.3, 0.4) is 0 Å². The van der Waals surface area contributed by atoms with Crippen molar-refractivity contribution in [1.82, 2.24) is 4.31 Å². The van der Waals surface area contributed by atoms with Gasteiger partial charge in [0.05, 0.1) is 28.7 Å². The fourth-order valence-electron chi connectivity index (χ4n) is 4.56. The van der Waals surface area contributed by atoms with Crippen LogP contribution in [0.25, 0.3) is 0 Å². The summed E-state index contributed by atoms with van der Waals surface area (Å²) in [6.45, 7) is 0.801. The first-order chi connectivity index (χ1) is 16.9. The van der Waals surface area contributed by atoms with Crippen molar-refractivity contribution in [3.05, 3.63) is 83.9 Å². The van der Waals surface area contributed by atoms with Crippen LogP contribution in [0.2, 0.25) is 0 Å². The van der Waals surface area contributed by atoms with E-state index in [0.717, 1.165) is 5.56 Å². The van der Waals surface area contributed by atoms with E-state index in [4.69, 9.17) is 4.74 Å². The lowest BCUT2D eigenvalue weighted by Crippen LogP contribution is -2.39. The molecule has 1 amide bonds. The third-order valence-electron chi connectivity index (χ3n) is 6.35. The zero-order chi connectivity index (χ0) is 24.6. The second-order valence-corrected chi connectivity index (χ2v) is 10.9. The van der Waals surface area contributed by atoms with E-state index in [0.29, 0.717) is 35.7 Å². The number of ether oxygens (including phenoxy) is 1. The van der Waals surface area contributed by atoms with Crippen molar-refractivity contribution in [2.24, 2.45) is 0 Å². The predicted octanol–water partition coefficient (Wildman–Crippen LogP) is 3.94. The lowest BCUT2D eigenvalue weighted by molar-refractivity contribution is -0.114. The summed E-state index contributed by atoms with van der Waals surface area (Å²) in [5.41, 5.74) is 1.42. The highest BCUT2D eigenvalue weighted by atomic mass is 32.2. The number of para-hydroxylation sites is 1. The van der Waals surface area contributed by atoms with Gasteiger partial charge in [-0.15, -0.1) is 12.6 Å². The van der Waals surface area contributed by atoms with Crippen molar-refractivity contribution >= 4 is 40.0 Å². The molecule has 5 rings (SSSR count). The number of rotatable bonds is 7. The molecule has 35 heavy (non-hydrogen) atoms. The van der Waals surface area contributed by atoms with Crippen molar-refractivity contribution in [3.63, 3.8) is 0 Å². The van der Waals surface area contributed by atoms with Gasteiger partial charge in [-0.2, -0.15) is 4.31 Å². The average molecular weight is 509 g/mol. The summed E-state index contributed by atoms with van der Waals surface area (Å²) in [6, 6.07) is 20.6. The number of Topliss-reactive ketones (excluding diaryl/α,β-unsaturated/α-hetero) is 1. The first-order valence-corrected chi connectivity index (χ1v) is 13.2. The highest BCUT2D eigenvalue weighted by molar-refractivity contribution is 7.89. The zero-order valence-electron chi connectivity index (χ0n) is 18.8. The van der Waals surface area contributed by atoms with Gasteiger partial charge in [-0.3, -0.25) is 9.59 Å². The van der Waals surface area contributed by atoms with Crippen molar-refractivity contribution in [2.45, 2.75) is 35.2 Å². The number of sulfonamides is 1. The standard InChI is InChI=1S/C26H24N2O5S2/c29-25-21-15-20(12-13-22(21)27(26(25)30)16-18-7-2-1-3-8-18)35(31,32)28-14-6-9-19(28)17-33-23-10-4-5-11-24(23)34/h1-5,7-8,10-13,15,19,34H,6,9,14,16-17H2/t19-/m0/s1. The molecule has 9 heteroatoms. The number of amides is 1. The summed E-state index contributed by atoms with van der Waals surface area (Å²) < 4.78 is 34.4. The molecule has 0 radical (unpaired) electrons. The number of hydrogen-bond acceptors (Lipinski definition) is 6. The molecule has 2 heterocycles. The second-order valence-electron chi connectivity index (χ2n) is 8.58. The van der Waals surface area contributed by atoms with Gasteiger partial charge in [-0.25, -0.2) is 8.42 Å². The smallest absolute Gasteiger partial charge is 0.299 e. The monoisotopic (exact) mass is 508 g/mol. The van der Waals surface area contributed by atoms with Crippen LogP contribution in [-0.4, -0.2) is 43.6 Å². The molecule has 3 aromatic rings. The molecule has 2 aliphatic rings. The Morgan fingerprint density at radius 3 is 2.49 bits per heavy atom. The maximum Gasteiger partial charge on any atom is 0.299 e. The SMILES string of the molecule is O=C1C(=O)N(Cc2ccccc2)c2ccc(S(=O)(=O)N3CCC[C@H]3COc3ccccc3S)cc21. The van der Waals surface area contributed by atoms with Gasteiger partial charge in [0.1, 0.15) is 12.4 Å². The molecule has 0 aromatic heterocycles. The van der Waals surface area contributed by atoms with Crippen molar-refractivity contribution in [1.29, 1.82) is 0 Å². The van der Waals surface area contributed by atoms with Crippen molar-refractivity contribution < 1.29 is 22.7 Å². The normalized spacial score (nSPS) is 18.2. The Balaban J connectivity index is 1.38. The average Bonchev–Trinajstić information content (AvgIpc) is 3.44. The number of benzene rings is 3. The number of nitrogens with zero attached hydrogens (tertiary/aromatic N) is 2. The Morgan fingerprint density at radius 1 is 0.971 bits per heavy atom. The largest absolute Gasteiger partial charge is 0.491 e. The minimum Gasteiger partial charge on any atom is -0.491 e. The molecule has 1 atom stereocenters. The number of thiol groups is 1. The van der Waals surface area contributed by atoms with Gasteiger partial charge in [-0.1, -0.05) is 42.5 Å². The lowest BCUT2D eigenvalue weighted by Gasteiger charge is -2.25. The number of anilines is 1. The topological polar surface area (TPSA) is 84.0 Å². The minimum atomic E-state index is -3.89. The van der Waals surface area contributed by atoms with Gasteiger partial charge in [0.2, 0.25) is 10.0 Å². The highest BCUT2D eigenvalue weighted by Gasteiger charge is 2.40. The van der Waals surface area contributed by atoms with Crippen LogP contribution in [0.15, 0.2) is 82.6 Å². The maximum atomic E-state index is 13.5. The summed E-state index contributed by atoms with van der Waals surface area (Å²) in [6.07, 6.45) is 1.38. The summed E-state index contributed by atoms with van der Waals surface area (Å²) in [4.78, 5) is 27.5. The lowest BCUT2D eigenvalue weighted by atomic mass is 10.1. The third kappa shape index (κ3) is 4.47. The van der Waals surface area contributed by atoms with Crippen LogP contribution in [0.5, 0.6) is 5.75 Å². The molecule has 0 spiro atoms. The molecular weight excluding hydrogens is 484 g/mol. The van der Waals surface area contributed by atoms with E-state index in [1.807, 2.05) is 48.5 Å². The Hall–Kier alpha value is -3.14. The zero-order valence-corrected chi connectivity index (χ0v) is 20.5. The molecule has 0 unspecified atom stereocenters. The molecular formula is C26H24N2O5S2. The number of hydrogen-bond donors (Lipinski definition) is 1. The Morgan fingerprint density at radius 2 is 1.71 bits per heavy atom. The molecule has 0 N–H and O–H groups in total. The summed E-state index contributed by atoms with van der Waals surface area (Å²) >= 11 is 4.38. The van der Waals surface area contributed by atoms with Gasteiger partial charge in [0.25, 0.3) is 11.7 Å². The Kier molecular flexibility index (Phi) is 6.39. The van der Waals surface area contributed by atoms with Gasteiger partial charge < -0.3 is 9.64 Å². The van der Waals surface area contributed by atoms with E-state index >= 15 is 0 Å². The van der Waals surface area contributed by atoms with Crippen LogP contribution >= 0.6 is 12.6 Å². The summed E-state index contributed by atoms with van der Waals surface area (Å²) in [5.74, 6) is -0.754. The number of carbonyl (C=O) groups is 2. The van der Waals surface area contributed by atoms with E-state index in [-0.39, 0.29) is 29.7 Å². The van der Waals surface area contributed by atoms with Crippen LogP contribution in [0.1, 0.15) is 28.8 Å². The molecule has 0 bridgehead atoms. The first kappa shape index (κ1) is 23.6. The van der Waals surface area contributed by atoms with E-state index in [2.05, 4.69) is 12.6 Å². The molecule has 0 saturated carbocycles. The van der Waals surface area contributed by atoms with Crippen LogP contribution in [0, 0.1) is 0 Å². The Labute approximate surface area is 209 Å². The van der Waals surface area contributed by atoms with Gasteiger partial charge >= 0.3 is 0 Å². The second kappa shape index (κ2) is 9.49. The number of ketones is 1. The molecule has 180 valence electrons. The van der Waals surface area contributed by atoms with Gasteiger partial charge in [0.15, 0.2) is 0 Å². The van der Waals surface area contributed by atoms with Crippen molar-refractivity contribution in [3.8, 4) is 5.75 Å². The predicted molar refractivity (Wildman–Crippen MR) is 135 cm³/mol. The molecule has 1 saturated heterocycles. The molecule has 3 aromatic carbocycles. The quantitative estimate of drug-likeness (QED) is 0.386.